The zero-order valence-corrected chi connectivity index (χ0v) is 11.1. The molecule has 90 valence electrons. The average molecular weight is 214 g/mol. The Labute approximate surface area is 94.2 Å². The van der Waals surface area contributed by atoms with Crippen LogP contribution in [0.15, 0.2) is 0 Å². The van der Waals surface area contributed by atoms with Crippen LogP contribution in [-0.2, 0) is 0 Å². The number of carbonyl (C=O) groups excluding carboxylic acids is 1. The van der Waals surface area contributed by atoms with E-state index in [9.17, 15) is 4.79 Å². The molecule has 0 aliphatic heterocycles. The van der Waals surface area contributed by atoms with Crippen LogP contribution in [0, 0.1) is 5.92 Å². The maximum Gasteiger partial charge on any atom is 0.317 e. The van der Waals surface area contributed by atoms with E-state index in [0.717, 1.165) is 19.5 Å². The van der Waals surface area contributed by atoms with Crippen LogP contribution in [0.4, 0.5) is 4.79 Å². The summed E-state index contributed by atoms with van der Waals surface area (Å²) in [6, 6.07) is 0.0466. The second kappa shape index (κ2) is 5.99. The van der Waals surface area contributed by atoms with Gasteiger partial charge in [-0.2, -0.15) is 0 Å². The van der Waals surface area contributed by atoms with Crippen LogP contribution in [0.3, 0.4) is 0 Å². The standard InChI is InChI=1S/C12H26N2O/c1-7-10(3)9-14(8-2)11(15)13-12(4,5)6/h10H,7-9H2,1-6H3,(H,13,15). The summed E-state index contributed by atoms with van der Waals surface area (Å²) in [6.07, 6.45) is 1.11. The summed E-state index contributed by atoms with van der Waals surface area (Å²) in [6.45, 7) is 14.0. The fourth-order valence-electron chi connectivity index (χ4n) is 1.26. The Morgan fingerprint density at radius 2 is 1.87 bits per heavy atom. The van der Waals surface area contributed by atoms with Gasteiger partial charge in [0.05, 0.1) is 0 Å². The average Bonchev–Trinajstić information content (AvgIpc) is 2.10. The molecule has 2 amide bonds. The van der Waals surface area contributed by atoms with Crippen molar-refractivity contribution in [3.8, 4) is 0 Å². The molecule has 3 nitrogen and oxygen atoms in total. The summed E-state index contributed by atoms with van der Waals surface area (Å²) in [7, 11) is 0. The molecule has 0 spiro atoms. The minimum atomic E-state index is -0.153. The van der Waals surface area contributed by atoms with Crippen LogP contribution in [0.5, 0.6) is 0 Å². The lowest BCUT2D eigenvalue weighted by atomic mass is 10.1. The van der Waals surface area contributed by atoms with E-state index in [2.05, 4.69) is 19.2 Å². The highest BCUT2D eigenvalue weighted by atomic mass is 16.2. The highest BCUT2D eigenvalue weighted by Gasteiger charge is 2.19. The summed E-state index contributed by atoms with van der Waals surface area (Å²) in [5.41, 5.74) is -0.153. The first-order valence-corrected chi connectivity index (χ1v) is 5.87. The van der Waals surface area contributed by atoms with Crippen molar-refractivity contribution in [1.82, 2.24) is 10.2 Å². The number of hydrogen-bond acceptors (Lipinski definition) is 1. The van der Waals surface area contributed by atoms with E-state index in [4.69, 9.17) is 0 Å². The van der Waals surface area contributed by atoms with Gasteiger partial charge in [0.2, 0.25) is 0 Å². The monoisotopic (exact) mass is 214 g/mol. The van der Waals surface area contributed by atoms with Gasteiger partial charge in [0.1, 0.15) is 0 Å². The molecule has 0 bridgehead atoms. The second-order valence-electron chi connectivity index (χ2n) is 5.23. The molecule has 0 aliphatic rings. The van der Waals surface area contributed by atoms with Crippen LogP contribution in [-0.4, -0.2) is 29.6 Å². The molecule has 1 unspecified atom stereocenters. The SMILES string of the molecule is CCC(C)CN(CC)C(=O)NC(C)(C)C. The molecule has 0 heterocycles. The molecule has 1 atom stereocenters. The van der Waals surface area contributed by atoms with Gasteiger partial charge in [-0.3, -0.25) is 0 Å². The summed E-state index contributed by atoms with van der Waals surface area (Å²) >= 11 is 0. The number of amides is 2. The van der Waals surface area contributed by atoms with Crippen molar-refractivity contribution in [3.05, 3.63) is 0 Å². The third kappa shape index (κ3) is 6.37. The van der Waals surface area contributed by atoms with Crippen molar-refractivity contribution in [1.29, 1.82) is 0 Å². The van der Waals surface area contributed by atoms with Gasteiger partial charge >= 0.3 is 6.03 Å². The van der Waals surface area contributed by atoms with Crippen molar-refractivity contribution in [3.63, 3.8) is 0 Å². The van der Waals surface area contributed by atoms with Crippen molar-refractivity contribution in [2.75, 3.05) is 13.1 Å². The van der Waals surface area contributed by atoms with Gasteiger partial charge in [-0.15, -0.1) is 0 Å². The first-order valence-electron chi connectivity index (χ1n) is 5.87. The Balaban J connectivity index is 4.23. The quantitative estimate of drug-likeness (QED) is 0.767. The molecule has 0 aromatic carbocycles. The van der Waals surface area contributed by atoms with Crippen LogP contribution >= 0.6 is 0 Å². The van der Waals surface area contributed by atoms with Gasteiger partial charge in [-0.1, -0.05) is 20.3 Å². The van der Waals surface area contributed by atoms with E-state index >= 15 is 0 Å². The molecule has 0 saturated carbocycles. The Kier molecular flexibility index (Phi) is 5.69. The van der Waals surface area contributed by atoms with E-state index in [1.165, 1.54) is 0 Å². The van der Waals surface area contributed by atoms with Crippen molar-refractivity contribution in [2.45, 2.75) is 53.5 Å². The highest BCUT2D eigenvalue weighted by Crippen LogP contribution is 2.06. The first-order chi connectivity index (χ1) is 6.80. The smallest absolute Gasteiger partial charge is 0.317 e. The van der Waals surface area contributed by atoms with Gasteiger partial charge in [-0.25, -0.2) is 4.79 Å². The molecule has 3 heteroatoms. The van der Waals surface area contributed by atoms with Gasteiger partial charge in [0.25, 0.3) is 0 Å². The fraction of sp³-hybridized carbons (Fsp3) is 0.917. The van der Waals surface area contributed by atoms with Crippen LogP contribution < -0.4 is 5.32 Å². The van der Waals surface area contributed by atoms with E-state index in [0.29, 0.717) is 5.92 Å². The molecule has 0 aliphatic carbocycles. The largest absolute Gasteiger partial charge is 0.333 e. The maximum absolute atomic E-state index is 11.9. The lowest BCUT2D eigenvalue weighted by Crippen LogP contribution is -2.49. The Hall–Kier alpha value is -0.730. The summed E-state index contributed by atoms with van der Waals surface area (Å²) in [4.78, 5) is 13.7. The molecule has 0 saturated heterocycles. The lowest BCUT2D eigenvalue weighted by Gasteiger charge is -2.29. The van der Waals surface area contributed by atoms with E-state index < -0.39 is 0 Å². The van der Waals surface area contributed by atoms with Gasteiger partial charge in [0, 0.05) is 18.6 Å². The fourth-order valence-corrected chi connectivity index (χ4v) is 1.26. The number of rotatable bonds is 4. The van der Waals surface area contributed by atoms with Gasteiger partial charge in [-0.05, 0) is 33.6 Å². The normalized spacial score (nSPS) is 13.5. The molecule has 15 heavy (non-hydrogen) atoms. The first kappa shape index (κ1) is 14.3. The number of urea groups is 1. The Morgan fingerprint density at radius 3 is 2.20 bits per heavy atom. The second-order valence-corrected chi connectivity index (χ2v) is 5.23. The molecule has 0 fully saturated rings. The van der Waals surface area contributed by atoms with Crippen molar-refractivity contribution in [2.24, 2.45) is 5.92 Å². The molecule has 0 aromatic rings. The number of nitrogens with one attached hydrogen (secondary N) is 1. The Morgan fingerprint density at radius 1 is 1.33 bits per heavy atom. The minimum absolute atomic E-state index is 0.0466. The third-order valence-corrected chi connectivity index (χ3v) is 2.38. The van der Waals surface area contributed by atoms with Crippen molar-refractivity contribution >= 4 is 6.03 Å². The molecular formula is C12H26N2O. The van der Waals surface area contributed by atoms with Crippen LogP contribution in [0.2, 0.25) is 0 Å². The molecule has 0 radical (unpaired) electrons. The molecular weight excluding hydrogens is 188 g/mol. The summed E-state index contributed by atoms with van der Waals surface area (Å²) in [5, 5.41) is 2.99. The molecule has 1 N–H and O–H groups in total. The minimum Gasteiger partial charge on any atom is -0.333 e. The van der Waals surface area contributed by atoms with Crippen molar-refractivity contribution < 1.29 is 4.79 Å². The third-order valence-electron chi connectivity index (χ3n) is 2.38. The number of carbonyl (C=O) groups is 1. The highest BCUT2D eigenvalue weighted by molar-refractivity contribution is 5.74. The van der Waals surface area contributed by atoms with E-state index in [-0.39, 0.29) is 11.6 Å². The predicted molar refractivity (Wildman–Crippen MR) is 65.0 cm³/mol. The number of nitrogens with zero attached hydrogens (tertiary/aromatic N) is 1. The van der Waals surface area contributed by atoms with Gasteiger partial charge < -0.3 is 10.2 Å². The topological polar surface area (TPSA) is 32.3 Å². The zero-order valence-electron chi connectivity index (χ0n) is 11.1. The summed E-state index contributed by atoms with van der Waals surface area (Å²) < 4.78 is 0. The van der Waals surface area contributed by atoms with E-state index in [1.54, 1.807) is 0 Å². The maximum atomic E-state index is 11.9. The van der Waals surface area contributed by atoms with Gasteiger partial charge in [0.15, 0.2) is 0 Å². The van der Waals surface area contributed by atoms with E-state index in [1.807, 2.05) is 32.6 Å². The lowest BCUT2D eigenvalue weighted by molar-refractivity contribution is 0.183. The number of hydrogen-bond donors (Lipinski definition) is 1. The Bertz CT molecular complexity index is 196. The molecule has 0 aromatic heterocycles. The predicted octanol–water partition coefficient (Wildman–Crippen LogP) is 2.86. The molecule has 0 rings (SSSR count). The van der Waals surface area contributed by atoms with Crippen LogP contribution in [0.25, 0.3) is 0 Å². The summed E-state index contributed by atoms with van der Waals surface area (Å²) in [5.74, 6) is 0.565. The van der Waals surface area contributed by atoms with Crippen LogP contribution in [0.1, 0.15) is 48.0 Å². The zero-order chi connectivity index (χ0) is 12.1.